The number of carbonyl (C=O) groups excluding carboxylic acids is 3. The van der Waals surface area contributed by atoms with E-state index in [1.54, 1.807) is 4.57 Å². The number of halogens is 4. The Hall–Kier alpha value is -3.17. The number of nitrogens with one attached hydrogen (secondary N) is 2. The summed E-state index contributed by atoms with van der Waals surface area (Å²) in [5.74, 6) is -7.59. The Bertz CT molecular complexity index is 1150. The maximum absolute atomic E-state index is 13.5. The molecule has 2 aromatic rings. The molecule has 1 fully saturated rings. The molecule has 1 saturated carbocycles. The lowest BCUT2D eigenvalue weighted by molar-refractivity contribution is -0.140. The SMILES string of the molecule is Cc1c(C(=O)Nc2ccc(F)c(F)c2)c2n(c1C(=O)C(=O)NC1(C)CC(F)(F)C1)CCC2. The van der Waals surface area contributed by atoms with Gasteiger partial charge < -0.3 is 15.2 Å². The van der Waals surface area contributed by atoms with Gasteiger partial charge in [-0.15, -0.1) is 0 Å². The van der Waals surface area contributed by atoms with Gasteiger partial charge in [-0.25, -0.2) is 17.6 Å². The van der Waals surface area contributed by atoms with Crippen molar-refractivity contribution in [3.8, 4) is 0 Å². The van der Waals surface area contributed by atoms with Gasteiger partial charge in [0, 0.05) is 42.4 Å². The highest BCUT2D eigenvalue weighted by molar-refractivity contribution is 6.43. The van der Waals surface area contributed by atoms with E-state index in [4.69, 9.17) is 0 Å². The first-order chi connectivity index (χ1) is 14.9. The molecule has 1 aromatic carbocycles. The van der Waals surface area contributed by atoms with Gasteiger partial charge in [0.15, 0.2) is 11.6 Å². The lowest BCUT2D eigenvalue weighted by atomic mass is 9.75. The van der Waals surface area contributed by atoms with E-state index >= 15 is 0 Å². The van der Waals surface area contributed by atoms with Crippen LogP contribution in [-0.4, -0.2) is 33.6 Å². The largest absolute Gasteiger partial charge is 0.344 e. The molecular formula is C22H21F4N3O3. The zero-order valence-electron chi connectivity index (χ0n) is 17.5. The van der Waals surface area contributed by atoms with Crippen LogP contribution < -0.4 is 10.6 Å². The second-order valence-electron chi connectivity index (χ2n) is 8.69. The molecule has 1 aliphatic carbocycles. The average molecular weight is 451 g/mol. The minimum atomic E-state index is -2.87. The molecule has 0 unspecified atom stereocenters. The summed E-state index contributed by atoms with van der Waals surface area (Å²) in [6.45, 7) is 3.38. The molecule has 0 bridgehead atoms. The van der Waals surface area contributed by atoms with E-state index in [9.17, 15) is 31.9 Å². The number of carbonyl (C=O) groups is 3. The summed E-state index contributed by atoms with van der Waals surface area (Å²) in [7, 11) is 0. The summed E-state index contributed by atoms with van der Waals surface area (Å²) < 4.78 is 54.7. The number of benzene rings is 1. The molecule has 6 nitrogen and oxygen atoms in total. The molecule has 4 rings (SSSR count). The van der Waals surface area contributed by atoms with Gasteiger partial charge in [0.2, 0.25) is 0 Å². The van der Waals surface area contributed by atoms with E-state index in [0.29, 0.717) is 25.1 Å². The molecule has 1 aromatic heterocycles. The molecule has 170 valence electrons. The molecule has 0 saturated heterocycles. The van der Waals surface area contributed by atoms with Crippen LogP contribution in [-0.2, 0) is 17.8 Å². The van der Waals surface area contributed by atoms with Crippen LogP contribution in [0.3, 0.4) is 0 Å². The first kappa shape index (κ1) is 22.0. The highest BCUT2D eigenvalue weighted by Crippen LogP contribution is 2.45. The van der Waals surface area contributed by atoms with Gasteiger partial charge in [0.1, 0.15) is 0 Å². The van der Waals surface area contributed by atoms with Gasteiger partial charge in [-0.3, -0.25) is 14.4 Å². The van der Waals surface area contributed by atoms with Crippen LogP contribution in [0.2, 0.25) is 0 Å². The summed E-state index contributed by atoms with van der Waals surface area (Å²) in [6, 6.07) is 2.93. The van der Waals surface area contributed by atoms with Crippen molar-refractivity contribution >= 4 is 23.3 Å². The number of aromatic nitrogens is 1. The average Bonchev–Trinajstić information content (AvgIpc) is 3.21. The fourth-order valence-electron chi connectivity index (χ4n) is 4.70. The van der Waals surface area contributed by atoms with Crippen LogP contribution in [0.1, 0.15) is 58.3 Å². The van der Waals surface area contributed by atoms with E-state index in [0.717, 1.165) is 12.1 Å². The van der Waals surface area contributed by atoms with E-state index < -0.39 is 53.5 Å². The van der Waals surface area contributed by atoms with E-state index in [-0.39, 0.29) is 22.5 Å². The standard InChI is InChI=1S/C22H21F4N3O3/c1-11-16(19(31)27-12-5-6-13(23)14(24)8-12)15-4-3-7-29(15)17(11)18(30)20(32)28-21(2)9-22(25,26)10-21/h5-6,8H,3-4,7,9-10H2,1-2H3,(H,27,31)(H,28,32). The van der Waals surface area contributed by atoms with Gasteiger partial charge in [0.25, 0.3) is 23.5 Å². The smallest absolute Gasteiger partial charge is 0.294 e. The van der Waals surface area contributed by atoms with Crippen molar-refractivity contribution in [3.63, 3.8) is 0 Å². The van der Waals surface area contributed by atoms with Crippen molar-refractivity contribution < 1.29 is 31.9 Å². The van der Waals surface area contributed by atoms with Crippen LogP contribution in [0.25, 0.3) is 0 Å². The van der Waals surface area contributed by atoms with Crippen LogP contribution in [0.5, 0.6) is 0 Å². The predicted octanol–water partition coefficient (Wildman–Crippen LogP) is 3.76. The molecule has 0 spiro atoms. The molecule has 32 heavy (non-hydrogen) atoms. The van der Waals surface area contributed by atoms with Gasteiger partial charge in [-0.1, -0.05) is 0 Å². The molecule has 1 aliphatic heterocycles. The maximum atomic E-state index is 13.5. The molecule has 0 radical (unpaired) electrons. The van der Waals surface area contributed by atoms with Gasteiger partial charge >= 0.3 is 0 Å². The van der Waals surface area contributed by atoms with E-state index in [1.165, 1.54) is 19.9 Å². The number of hydrogen-bond acceptors (Lipinski definition) is 3. The topological polar surface area (TPSA) is 80.2 Å². The second-order valence-corrected chi connectivity index (χ2v) is 8.69. The summed E-state index contributed by atoms with van der Waals surface area (Å²) in [6.07, 6.45) is 0.0331. The Kier molecular flexibility index (Phi) is 5.14. The van der Waals surface area contributed by atoms with Crippen molar-refractivity contribution in [3.05, 3.63) is 52.3 Å². The van der Waals surface area contributed by atoms with Crippen molar-refractivity contribution in [1.82, 2.24) is 9.88 Å². The number of fused-ring (bicyclic) bond motifs is 1. The molecule has 2 amide bonds. The summed E-state index contributed by atoms with van der Waals surface area (Å²) in [4.78, 5) is 38.4. The third-order valence-electron chi connectivity index (χ3n) is 5.95. The zero-order valence-corrected chi connectivity index (χ0v) is 17.5. The zero-order chi connectivity index (χ0) is 23.4. The quantitative estimate of drug-likeness (QED) is 0.413. The Morgan fingerprint density at radius 1 is 1.09 bits per heavy atom. The Morgan fingerprint density at radius 2 is 1.78 bits per heavy atom. The first-order valence-corrected chi connectivity index (χ1v) is 10.1. The number of Topliss-reactive ketones (excluding diaryl/α,β-unsaturated/α-hetero) is 1. The van der Waals surface area contributed by atoms with Crippen LogP contribution in [0.4, 0.5) is 23.2 Å². The fraction of sp³-hybridized carbons (Fsp3) is 0.409. The van der Waals surface area contributed by atoms with Crippen molar-refractivity contribution in [1.29, 1.82) is 0 Å². The lowest BCUT2D eigenvalue weighted by Crippen LogP contribution is -2.61. The van der Waals surface area contributed by atoms with Crippen LogP contribution in [0, 0.1) is 18.6 Å². The Balaban J connectivity index is 1.60. The first-order valence-electron chi connectivity index (χ1n) is 10.1. The summed E-state index contributed by atoms with van der Waals surface area (Å²) in [5, 5.41) is 4.89. The Morgan fingerprint density at radius 3 is 2.41 bits per heavy atom. The molecule has 2 heterocycles. The number of rotatable bonds is 5. The number of ketones is 1. The lowest BCUT2D eigenvalue weighted by Gasteiger charge is -2.45. The predicted molar refractivity (Wildman–Crippen MR) is 107 cm³/mol. The minimum Gasteiger partial charge on any atom is -0.344 e. The molecule has 2 N–H and O–H groups in total. The summed E-state index contributed by atoms with van der Waals surface area (Å²) in [5.41, 5.74) is -0.0954. The third-order valence-corrected chi connectivity index (χ3v) is 5.95. The van der Waals surface area contributed by atoms with Gasteiger partial charge in [-0.2, -0.15) is 0 Å². The van der Waals surface area contributed by atoms with E-state index in [2.05, 4.69) is 10.6 Å². The number of nitrogens with zero attached hydrogens (tertiary/aromatic N) is 1. The Labute approximate surface area is 181 Å². The number of amides is 2. The van der Waals surface area contributed by atoms with Crippen molar-refractivity contribution in [2.75, 3.05) is 5.32 Å². The third kappa shape index (κ3) is 3.78. The molecular weight excluding hydrogens is 430 g/mol. The number of hydrogen-bond donors (Lipinski definition) is 2. The van der Waals surface area contributed by atoms with Crippen LogP contribution in [0.15, 0.2) is 18.2 Å². The fourth-order valence-corrected chi connectivity index (χ4v) is 4.70. The summed E-state index contributed by atoms with van der Waals surface area (Å²) >= 11 is 0. The second kappa shape index (κ2) is 7.46. The molecule has 10 heteroatoms. The van der Waals surface area contributed by atoms with Gasteiger partial charge in [0.05, 0.1) is 11.3 Å². The van der Waals surface area contributed by atoms with Gasteiger partial charge in [-0.05, 0) is 44.4 Å². The monoisotopic (exact) mass is 451 g/mol. The highest BCUT2D eigenvalue weighted by Gasteiger charge is 2.55. The van der Waals surface area contributed by atoms with Crippen molar-refractivity contribution in [2.45, 2.75) is 57.5 Å². The van der Waals surface area contributed by atoms with E-state index in [1.807, 2.05) is 0 Å². The number of alkyl halides is 2. The molecule has 0 atom stereocenters. The maximum Gasteiger partial charge on any atom is 0.294 e. The highest BCUT2D eigenvalue weighted by atomic mass is 19.3. The molecule has 2 aliphatic rings. The van der Waals surface area contributed by atoms with Crippen molar-refractivity contribution in [2.24, 2.45) is 0 Å². The number of anilines is 1. The normalized spacial score (nSPS) is 17.9. The minimum absolute atomic E-state index is 0.0279. The van der Waals surface area contributed by atoms with Crippen LogP contribution >= 0.6 is 0 Å².